The van der Waals surface area contributed by atoms with Gasteiger partial charge < -0.3 is 16.4 Å². The molecule has 0 aliphatic heterocycles. The number of rotatable bonds is 2. The van der Waals surface area contributed by atoms with E-state index < -0.39 is 12.2 Å². The van der Waals surface area contributed by atoms with Crippen LogP contribution in [-0.4, -0.2) is 28.7 Å². The smallest absolute Gasteiger partial charge is 1.00 e. The van der Waals surface area contributed by atoms with Gasteiger partial charge in [-0.25, -0.2) is 0 Å². The molecule has 0 radical (unpaired) electrons. The number of aldehydes is 1. The molecule has 2 atom stereocenters. The van der Waals surface area contributed by atoms with E-state index in [1.807, 2.05) is 0 Å². The van der Waals surface area contributed by atoms with Crippen LogP contribution in [0.5, 0.6) is 0 Å². The molecule has 0 rings (SSSR count). The number of hydrogen-bond acceptors (Lipinski definition) is 3. The number of aliphatic hydroxyl groups excluding tert-OH is 2. The van der Waals surface area contributed by atoms with Crippen molar-refractivity contribution >= 4 is 6.29 Å². The Morgan fingerprint density at radius 1 is 1.62 bits per heavy atom. The second kappa shape index (κ2) is 5.72. The zero-order chi connectivity index (χ0) is 5.86. The number of hydrogen-bond donors (Lipinski definition) is 2. The van der Waals surface area contributed by atoms with Crippen molar-refractivity contribution in [2.24, 2.45) is 0 Å². The second-order valence-corrected chi connectivity index (χ2v) is 1.37. The molecule has 0 aliphatic carbocycles. The van der Waals surface area contributed by atoms with Gasteiger partial charge in [-0.1, -0.05) is 0 Å². The monoisotopic (exact) mass is 128 g/mol. The summed E-state index contributed by atoms with van der Waals surface area (Å²) in [5, 5.41) is 16.7. The van der Waals surface area contributed by atoms with Crippen LogP contribution in [0.25, 0.3) is 0 Å². The predicted molar refractivity (Wildman–Crippen MR) is 24.9 cm³/mol. The molecular formula is C4H9NaO3. The van der Waals surface area contributed by atoms with Gasteiger partial charge in [-0.3, -0.25) is 0 Å². The molecule has 4 heteroatoms. The van der Waals surface area contributed by atoms with E-state index in [2.05, 4.69) is 0 Å². The van der Waals surface area contributed by atoms with Gasteiger partial charge in [0.15, 0.2) is 6.29 Å². The van der Waals surface area contributed by atoms with Crippen LogP contribution in [0.1, 0.15) is 8.35 Å². The quantitative estimate of drug-likeness (QED) is 0.295. The first kappa shape index (κ1) is 11.4. The maximum atomic E-state index is 9.54. The Bertz CT molecular complexity index is 68.8. The SMILES string of the molecule is CC(O)C(O)C=O.[H-].[Na+]. The van der Waals surface area contributed by atoms with Gasteiger partial charge in [-0.15, -0.1) is 0 Å². The van der Waals surface area contributed by atoms with Gasteiger partial charge in [-0.2, -0.15) is 0 Å². The normalized spacial score (nSPS) is 15.9. The van der Waals surface area contributed by atoms with E-state index >= 15 is 0 Å². The Balaban J connectivity index is -0.000000180. The third-order valence-corrected chi connectivity index (χ3v) is 0.634. The van der Waals surface area contributed by atoms with Gasteiger partial charge in [0.05, 0.1) is 6.10 Å². The van der Waals surface area contributed by atoms with Crippen LogP contribution in [-0.2, 0) is 4.79 Å². The minimum Gasteiger partial charge on any atom is -1.00 e. The molecular weight excluding hydrogens is 119 g/mol. The molecule has 0 bridgehead atoms. The molecule has 44 valence electrons. The summed E-state index contributed by atoms with van der Waals surface area (Å²) in [6, 6.07) is 0. The van der Waals surface area contributed by atoms with Crippen molar-refractivity contribution in [2.75, 3.05) is 0 Å². The first-order chi connectivity index (χ1) is 3.18. The molecule has 0 saturated carbocycles. The summed E-state index contributed by atoms with van der Waals surface area (Å²) >= 11 is 0. The predicted octanol–water partition coefficient (Wildman–Crippen LogP) is -3.96. The molecule has 0 spiro atoms. The van der Waals surface area contributed by atoms with E-state index in [0.29, 0.717) is 6.29 Å². The molecule has 0 aromatic carbocycles. The summed E-state index contributed by atoms with van der Waals surface area (Å²) in [7, 11) is 0. The second-order valence-electron chi connectivity index (χ2n) is 1.37. The van der Waals surface area contributed by atoms with Crippen LogP contribution >= 0.6 is 0 Å². The average Bonchev–Trinajstić information content (AvgIpc) is 1.65. The van der Waals surface area contributed by atoms with E-state index in [1.165, 1.54) is 6.92 Å². The molecule has 2 unspecified atom stereocenters. The van der Waals surface area contributed by atoms with Crippen molar-refractivity contribution < 1.29 is 46.0 Å². The topological polar surface area (TPSA) is 57.5 Å². The Labute approximate surface area is 71.5 Å². The summed E-state index contributed by atoms with van der Waals surface area (Å²) < 4.78 is 0. The van der Waals surface area contributed by atoms with E-state index in [0.717, 1.165) is 0 Å². The van der Waals surface area contributed by atoms with E-state index in [-0.39, 0.29) is 31.0 Å². The van der Waals surface area contributed by atoms with Crippen molar-refractivity contribution in [2.45, 2.75) is 19.1 Å². The average molecular weight is 128 g/mol. The summed E-state index contributed by atoms with van der Waals surface area (Å²) in [6.45, 7) is 1.35. The number of aliphatic hydroxyl groups is 2. The molecule has 0 aromatic rings. The van der Waals surface area contributed by atoms with Crippen LogP contribution in [0.3, 0.4) is 0 Å². The molecule has 0 aliphatic rings. The van der Waals surface area contributed by atoms with E-state index in [4.69, 9.17) is 10.2 Å². The standard InChI is InChI=1S/C4H8O3.Na.H/c1-3(6)4(7)2-5;;/h2-4,6-7H,1H3;;/q;+1;-1. The Hall–Kier alpha value is 0.590. The van der Waals surface area contributed by atoms with Crippen molar-refractivity contribution in [1.82, 2.24) is 0 Å². The fourth-order valence-corrected chi connectivity index (χ4v) is 0.114. The third-order valence-electron chi connectivity index (χ3n) is 0.634. The molecule has 0 aromatic heterocycles. The fourth-order valence-electron chi connectivity index (χ4n) is 0.114. The van der Waals surface area contributed by atoms with Gasteiger partial charge in [0.25, 0.3) is 0 Å². The van der Waals surface area contributed by atoms with Gasteiger partial charge in [0, 0.05) is 0 Å². The summed E-state index contributed by atoms with van der Waals surface area (Å²) in [4.78, 5) is 9.54. The molecule has 0 amide bonds. The largest absolute Gasteiger partial charge is 1.00 e. The molecule has 0 heterocycles. The van der Waals surface area contributed by atoms with Crippen molar-refractivity contribution in [1.29, 1.82) is 0 Å². The third kappa shape index (κ3) is 4.74. The first-order valence-electron chi connectivity index (χ1n) is 2.00. The molecule has 0 saturated heterocycles. The zero-order valence-corrected chi connectivity index (χ0v) is 7.03. The molecule has 0 fully saturated rings. The zero-order valence-electron chi connectivity index (χ0n) is 6.03. The minimum atomic E-state index is -1.22. The Morgan fingerprint density at radius 2 is 2.00 bits per heavy atom. The summed E-state index contributed by atoms with van der Waals surface area (Å²) in [5.74, 6) is 0. The number of carbonyl (C=O) groups excluding carboxylic acids is 1. The minimum absolute atomic E-state index is 0. The van der Waals surface area contributed by atoms with Gasteiger partial charge >= 0.3 is 29.6 Å². The summed E-state index contributed by atoms with van der Waals surface area (Å²) in [6.07, 6.45) is -1.87. The molecule has 3 nitrogen and oxygen atoms in total. The first-order valence-corrected chi connectivity index (χ1v) is 2.00. The molecule has 2 N–H and O–H groups in total. The van der Waals surface area contributed by atoms with Crippen LogP contribution in [0.4, 0.5) is 0 Å². The van der Waals surface area contributed by atoms with E-state index in [9.17, 15) is 4.79 Å². The van der Waals surface area contributed by atoms with Crippen molar-refractivity contribution in [3.8, 4) is 0 Å². The maximum Gasteiger partial charge on any atom is 1.00 e. The maximum absolute atomic E-state index is 9.54. The van der Waals surface area contributed by atoms with Crippen LogP contribution in [0.15, 0.2) is 0 Å². The fraction of sp³-hybridized carbons (Fsp3) is 0.750. The van der Waals surface area contributed by atoms with Crippen molar-refractivity contribution in [3.63, 3.8) is 0 Å². The Kier molecular flexibility index (Phi) is 8.15. The van der Waals surface area contributed by atoms with E-state index in [1.54, 1.807) is 0 Å². The Morgan fingerprint density at radius 3 is 2.00 bits per heavy atom. The molecule has 8 heavy (non-hydrogen) atoms. The summed E-state index contributed by atoms with van der Waals surface area (Å²) in [5.41, 5.74) is 0. The van der Waals surface area contributed by atoms with Crippen molar-refractivity contribution in [3.05, 3.63) is 0 Å². The van der Waals surface area contributed by atoms with Crippen LogP contribution < -0.4 is 29.6 Å². The van der Waals surface area contributed by atoms with Crippen LogP contribution in [0, 0.1) is 0 Å². The van der Waals surface area contributed by atoms with Crippen LogP contribution in [0.2, 0.25) is 0 Å². The van der Waals surface area contributed by atoms with Gasteiger partial charge in [0.2, 0.25) is 0 Å². The van der Waals surface area contributed by atoms with Gasteiger partial charge in [0.1, 0.15) is 6.10 Å². The van der Waals surface area contributed by atoms with Gasteiger partial charge in [-0.05, 0) is 6.92 Å². The number of carbonyl (C=O) groups is 1.